The average Bonchev–Trinajstić information content (AvgIpc) is 3.06. The van der Waals surface area contributed by atoms with E-state index in [-0.39, 0.29) is 30.4 Å². The Bertz CT molecular complexity index is 1480. The molecule has 0 saturated carbocycles. The van der Waals surface area contributed by atoms with Crippen molar-refractivity contribution in [2.45, 2.75) is 49.5 Å². The van der Waals surface area contributed by atoms with E-state index >= 15 is 0 Å². The number of carboxylic acid groups (broad SMARTS) is 1. The molecular weight excluding hydrogens is 564 g/mol. The molecule has 0 bridgehead atoms. The molecule has 4 aromatic carbocycles. The number of urea groups is 1. The van der Waals surface area contributed by atoms with E-state index in [1.165, 1.54) is 0 Å². The van der Waals surface area contributed by atoms with Gasteiger partial charge < -0.3 is 30.3 Å². The molecule has 0 aromatic heterocycles. The second-order valence-corrected chi connectivity index (χ2v) is 11.3. The van der Waals surface area contributed by atoms with Gasteiger partial charge in [-0.3, -0.25) is 0 Å². The van der Waals surface area contributed by atoms with Crippen LogP contribution in [0.3, 0.4) is 0 Å². The first-order valence-corrected chi connectivity index (χ1v) is 15.1. The molecule has 2 amide bonds. The van der Waals surface area contributed by atoms with Gasteiger partial charge in [-0.1, -0.05) is 78.9 Å². The van der Waals surface area contributed by atoms with Crippen molar-refractivity contribution < 1.29 is 29.3 Å². The second-order valence-electron chi connectivity index (χ2n) is 10.3. The smallest absolute Gasteiger partial charge is 0.335 e. The number of carboxylic acids is 1. The summed E-state index contributed by atoms with van der Waals surface area (Å²) in [6.45, 7) is 0.819. The van der Waals surface area contributed by atoms with Gasteiger partial charge in [-0.05, 0) is 46.5 Å². The van der Waals surface area contributed by atoms with Crippen molar-refractivity contribution in [2.75, 3.05) is 5.75 Å². The Morgan fingerprint density at radius 2 is 1.35 bits per heavy atom. The number of hydrogen-bond acceptors (Lipinski definition) is 6. The molecule has 5 rings (SSSR count). The number of ether oxygens (including phenoxy) is 2. The topological polar surface area (TPSA) is 117 Å². The van der Waals surface area contributed by atoms with E-state index in [9.17, 15) is 19.8 Å². The second kappa shape index (κ2) is 14.8. The van der Waals surface area contributed by atoms with Gasteiger partial charge in [-0.15, -0.1) is 11.8 Å². The molecule has 4 N–H and O–H groups in total. The van der Waals surface area contributed by atoms with Gasteiger partial charge in [0, 0.05) is 35.7 Å². The van der Waals surface area contributed by atoms with Crippen molar-refractivity contribution in [3.63, 3.8) is 0 Å². The van der Waals surface area contributed by atoms with Crippen LogP contribution in [-0.4, -0.2) is 34.1 Å². The number of nitrogens with one attached hydrogen (secondary N) is 2. The van der Waals surface area contributed by atoms with Gasteiger partial charge in [0.25, 0.3) is 0 Å². The molecule has 4 aromatic rings. The van der Waals surface area contributed by atoms with Gasteiger partial charge in [-0.25, -0.2) is 9.59 Å². The van der Waals surface area contributed by atoms with Gasteiger partial charge >= 0.3 is 12.0 Å². The minimum absolute atomic E-state index is 0.0205. The monoisotopic (exact) mass is 598 g/mol. The van der Waals surface area contributed by atoms with Crippen molar-refractivity contribution in [2.24, 2.45) is 0 Å². The van der Waals surface area contributed by atoms with Crippen LogP contribution in [0.4, 0.5) is 4.79 Å². The summed E-state index contributed by atoms with van der Waals surface area (Å²) in [4.78, 5) is 24.4. The molecule has 0 spiro atoms. The fraction of sp³-hybridized carbons (Fsp3) is 0.235. The lowest BCUT2D eigenvalue weighted by Crippen LogP contribution is -2.34. The molecule has 3 atom stereocenters. The number of thioether (sulfide) groups is 1. The lowest BCUT2D eigenvalue weighted by molar-refractivity contribution is -0.245. The molecule has 3 unspecified atom stereocenters. The number of carbonyl (C=O) groups is 2. The van der Waals surface area contributed by atoms with Gasteiger partial charge in [0.2, 0.25) is 0 Å². The van der Waals surface area contributed by atoms with Crippen LogP contribution >= 0.6 is 11.8 Å². The fourth-order valence-electron chi connectivity index (χ4n) is 4.72. The lowest BCUT2D eigenvalue weighted by atomic mass is 10.0. The summed E-state index contributed by atoms with van der Waals surface area (Å²) in [5.74, 6) is -0.284. The molecule has 1 fully saturated rings. The summed E-state index contributed by atoms with van der Waals surface area (Å²) in [5, 5.41) is 24.4. The zero-order valence-corrected chi connectivity index (χ0v) is 24.3. The molecule has 1 saturated heterocycles. The number of aliphatic hydroxyl groups excluding tert-OH is 1. The number of benzene rings is 4. The first-order valence-electron chi connectivity index (χ1n) is 14.1. The number of hydrogen-bond donors (Lipinski definition) is 4. The van der Waals surface area contributed by atoms with Gasteiger partial charge in [0.15, 0.2) is 6.29 Å². The quantitative estimate of drug-likeness (QED) is 0.152. The molecule has 1 aliphatic rings. The first-order chi connectivity index (χ1) is 21.0. The van der Waals surface area contributed by atoms with Gasteiger partial charge in [0.05, 0.1) is 24.4 Å². The highest BCUT2D eigenvalue weighted by Crippen LogP contribution is 2.39. The Labute approximate surface area is 255 Å². The van der Waals surface area contributed by atoms with Crippen LogP contribution in [0.15, 0.2) is 108 Å². The van der Waals surface area contributed by atoms with Crippen LogP contribution in [0.2, 0.25) is 0 Å². The Kier molecular flexibility index (Phi) is 10.5. The molecule has 0 radical (unpaired) electrons. The minimum Gasteiger partial charge on any atom is -0.478 e. The Balaban J connectivity index is 1.22. The maximum atomic E-state index is 12.3. The highest BCUT2D eigenvalue weighted by Gasteiger charge is 2.32. The van der Waals surface area contributed by atoms with E-state index in [0.717, 1.165) is 32.7 Å². The summed E-state index contributed by atoms with van der Waals surface area (Å²) in [7, 11) is 0. The maximum Gasteiger partial charge on any atom is 0.335 e. The standard InChI is InChI=1S/C34H34N2O6S/c37-21-25-8-10-26(11-9-25)31-18-29(22-43-30-16-14-27(15-17-30)32(38)39)41-33(42-31)28-12-6-24(7-13-28)20-36-34(40)35-19-23-4-2-1-3-5-23/h1-17,29,31,33,37H,18-22H2,(H,38,39)(H2,35,36,40). The van der Waals surface area contributed by atoms with Crippen molar-refractivity contribution in [3.05, 3.63) is 137 Å². The molecular formula is C34H34N2O6S. The normalized spacial score (nSPS) is 18.1. The van der Waals surface area contributed by atoms with Gasteiger partial charge in [0.1, 0.15) is 0 Å². The summed E-state index contributed by atoms with van der Waals surface area (Å²) >= 11 is 1.61. The highest BCUT2D eigenvalue weighted by molar-refractivity contribution is 7.99. The van der Waals surface area contributed by atoms with Crippen molar-refractivity contribution in [3.8, 4) is 0 Å². The number of aromatic carboxylic acids is 1. The molecule has 1 aliphatic heterocycles. The zero-order valence-electron chi connectivity index (χ0n) is 23.5. The summed E-state index contributed by atoms with van der Waals surface area (Å²) in [6, 6.07) is 31.9. The number of amides is 2. The van der Waals surface area contributed by atoms with Crippen molar-refractivity contribution in [1.82, 2.24) is 10.6 Å². The van der Waals surface area contributed by atoms with E-state index in [4.69, 9.17) is 9.47 Å². The van der Waals surface area contributed by atoms with Crippen LogP contribution in [-0.2, 0) is 29.2 Å². The van der Waals surface area contributed by atoms with E-state index < -0.39 is 12.3 Å². The first kappa shape index (κ1) is 30.3. The summed E-state index contributed by atoms with van der Waals surface area (Å²) in [5.41, 5.74) is 4.95. The number of rotatable bonds is 11. The molecule has 43 heavy (non-hydrogen) atoms. The Hall–Kier alpha value is -4.15. The van der Waals surface area contributed by atoms with E-state index in [1.54, 1.807) is 23.9 Å². The Morgan fingerprint density at radius 1 is 0.744 bits per heavy atom. The van der Waals surface area contributed by atoms with Crippen LogP contribution in [0.5, 0.6) is 0 Å². The molecule has 8 nitrogen and oxygen atoms in total. The SMILES string of the molecule is O=C(NCc1ccccc1)NCc1ccc(C2OC(CSc3ccc(C(=O)O)cc3)CC(c3ccc(CO)cc3)O2)cc1. The number of carbonyl (C=O) groups excluding carboxylic acids is 1. The average molecular weight is 599 g/mol. The number of aliphatic hydroxyl groups is 1. The summed E-state index contributed by atoms with van der Waals surface area (Å²) in [6.07, 6.45) is -0.274. The third-order valence-corrected chi connectivity index (χ3v) is 8.30. The van der Waals surface area contributed by atoms with E-state index in [1.807, 2.05) is 91.0 Å². The fourth-order valence-corrected chi connectivity index (χ4v) is 5.64. The third kappa shape index (κ3) is 8.68. The van der Waals surface area contributed by atoms with Gasteiger partial charge in [-0.2, -0.15) is 0 Å². The van der Waals surface area contributed by atoms with Crippen LogP contribution in [0.1, 0.15) is 57.0 Å². The van der Waals surface area contributed by atoms with E-state index in [0.29, 0.717) is 25.3 Å². The molecule has 1 heterocycles. The predicted molar refractivity (Wildman–Crippen MR) is 165 cm³/mol. The lowest BCUT2D eigenvalue weighted by Gasteiger charge is -2.36. The molecule has 0 aliphatic carbocycles. The van der Waals surface area contributed by atoms with Crippen molar-refractivity contribution >= 4 is 23.8 Å². The van der Waals surface area contributed by atoms with Crippen LogP contribution in [0.25, 0.3) is 0 Å². The van der Waals surface area contributed by atoms with Crippen LogP contribution < -0.4 is 10.6 Å². The molecule has 9 heteroatoms. The highest BCUT2D eigenvalue weighted by atomic mass is 32.2. The largest absolute Gasteiger partial charge is 0.478 e. The zero-order chi connectivity index (χ0) is 30.0. The van der Waals surface area contributed by atoms with Crippen molar-refractivity contribution in [1.29, 1.82) is 0 Å². The predicted octanol–water partition coefficient (Wildman–Crippen LogP) is 6.21. The summed E-state index contributed by atoms with van der Waals surface area (Å²) < 4.78 is 12.8. The van der Waals surface area contributed by atoms with Crippen LogP contribution in [0, 0.1) is 0 Å². The minimum atomic E-state index is -0.949. The maximum absolute atomic E-state index is 12.3. The molecule has 222 valence electrons. The van der Waals surface area contributed by atoms with E-state index in [2.05, 4.69) is 10.6 Å². The third-order valence-electron chi connectivity index (χ3n) is 7.15. The Morgan fingerprint density at radius 3 is 1.98 bits per heavy atom.